The smallest absolute Gasteiger partial charge is 0.348 e. The van der Waals surface area contributed by atoms with Gasteiger partial charge in [-0.1, -0.05) is 47.2 Å². The fourth-order valence-electron chi connectivity index (χ4n) is 1.65. The predicted octanol–water partition coefficient (Wildman–Crippen LogP) is 3.28. The number of benzene rings is 1. The summed E-state index contributed by atoms with van der Waals surface area (Å²) in [4.78, 5) is 26.4. The summed E-state index contributed by atoms with van der Waals surface area (Å²) in [5.41, 5.74) is 2.43. The number of rotatable bonds is 4. The van der Waals surface area contributed by atoms with Gasteiger partial charge in [-0.3, -0.25) is 4.79 Å². The maximum atomic E-state index is 11.2. The lowest BCUT2D eigenvalue weighted by Crippen LogP contribution is -2.04. The molecule has 0 bridgehead atoms. The molecule has 2 aromatic rings. The van der Waals surface area contributed by atoms with Gasteiger partial charge in [0, 0.05) is 6.92 Å². The number of nitrogens with one attached hydrogen (secondary N) is 1. The van der Waals surface area contributed by atoms with E-state index in [0.717, 1.165) is 22.5 Å². The SMILES string of the molecule is CC(=O)Nc1nc(/C=C/c2ccc(C)cc2)c(C(=O)O)s1. The Bertz CT molecular complexity index is 702. The Hall–Kier alpha value is -2.47. The average molecular weight is 302 g/mol. The van der Waals surface area contributed by atoms with E-state index in [9.17, 15) is 14.7 Å². The first-order valence-electron chi connectivity index (χ1n) is 6.22. The summed E-state index contributed by atoms with van der Waals surface area (Å²) in [6.45, 7) is 3.35. The van der Waals surface area contributed by atoms with Gasteiger partial charge in [-0.05, 0) is 18.6 Å². The highest BCUT2D eigenvalue weighted by Crippen LogP contribution is 2.24. The lowest BCUT2D eigenvalue weighted by atomic mass is 10.1. The highest BCUT2D eigenvalue weighted by Gasteiger charge is 2.15. The number of carboxylic acids is 1. The van der Waals surface area contributed by atoms with Crippen LogP contribution in [0.5, 0.6) is 0 Å². The second-order valence-corrected chi connectivity index (χ2v) is 5.46. The number of hydrogen-bond donors (Lipinski definition) is 2. The van der Waals surface area contributed by atoms with Crippen molar-refractivity contribution in [3.05, 3.63) is 46.0 Å². The molecule has 0 unspecified atom stereocenters. The molecule has 0 spiro atoms. The Kier molecular flexibility index (Phi) is 4.49. The van der Waals surface area contributed by atoms with Gasteiger partial charge in [-0.25, -0.2) is 9.78 Å². The maximum Gasteiger partial charge on any atom is 0.348 e. The van der Waals surface area contributed by atoms with Gasteiger partial charge in [-0.15, -0.1) is 0 Å². The number of aromatic nitrogens is 1. The molecular weight excluding hydrogens is 288 g/mol. The van der Waals surface area contributed by atoms with E-state index in [2.05, 4.69) is 10.3 Å². The van der Waals surface area contributed by atoms with Crippen molar-refractivity contribution in [2.24, 2.45) is 0 Å². The number of hydrogen-bond acceptors (Lipinski definition) is 4. The normalized spacial score (nSPS) is 10.8. The van der Waals surface area contributed by atoms with Crippen molar-refractivity contribution in [3.8, 4) is 0 Å². The largest absolute Gasteiger partial charge is 0.477 e. The summed E-state index contributed by atoms with van der Waals surface area (Å²) in [6, 6.07) is 7.82. The lowest BCUT2D eigenvalue weighted by molar-refractivity contribution is -0.114. The molecule has 0 saturated heterocycles. The molecule has 1 amide bonds. The van der Waals surface area contributed by atoms with Crippen LogP contribution in [0.25, 0.3) is 12.2 Å². The molecule has 0 atom stereocenters. The number of carboxylic acid groups (broad SMARTS) is 1. The van der Waals surface area contributed by atoms with Crippen LogP contribution in [0.2, 0.25) is 0 Å². The Morgan fingerprint density at radius 1 is 1.24 bits per heavy atom. The van der Waals surface area contributed by atoms with Crippen LogP contribution in [0.15, 0.2) is 24.3 Å². The second-order valence-electron chi connectivity index (χ2n) is 4.46. The monoisotopic (exact) mass is 302 g/mol. The third-order valence-electron chi connectivity index (χ3n) is 2.64. The van der Waals surface area contributed by atoms with E-state index in [4.69, 9.17) is 0 Å². The highest BCUT2D eigenvalue weighted by molar-refractivity contribution is 7.17. The summed E-state index contributed by atoms with van der Waals surface area (Å²) >= 11 is 0.940. The Labute approximate surface area is 126 Å². The molecule has 2 N–H and O–H groups in total. The van der Waals surface area contributed by atoms with Gasteiger partial charge in [0.25, 0.3) is 0 Å². The number of carbonyl (C=O) groups is 2. The number of thiazole rings is 1. The van der Waals surface area contributed by atoms with Crippen molar-refractivity contribution >= 4 is 40.5 Å². The molecule has 0 aliphatic carbocycles. The summed E-state index contributed by atoms with van der Waals surface area (Å²) in [5, 5.41) is 11.9. The molecule has 108 valence electrons. The second kappa shape index (κ2) is 6.32. The molecule has 0 fully saturated rings. The fourth-order valence-corrected chi connectivity index (χ4v) is 2.49. The van der Waals surface area contributed by atoms with E-state index < -0.39 is 5.97 Å². The molecule has 21 heavy (non-hydrogen) atoms. The third-order valence-corrected chi connectivity index (χ3v) is 3.62. The van der Waals surface area contributed by atoms with Crippen LogP contribution in [-0.2, 0) is 4.79 Å². The van der Waals surface area contributed by atoms with E-state index in [0.29, 0.717) is 5.69 Å². The zero-order chi connectivity index (χ0) is 15.4. The van der Waals surface area contributed by atoms with E-state index in [1.165, 1.54) is 6.92 Å². The lowest BCUT2D eigenvalue weighted by Gasteiger charge is -1.95. The van der Waals surface area contributed by atoms with Crippen LogP contribution in [-0.4, -0.2) is 22.0 Å². The summed E-state index contributed by atoms with van der Waals surface area (Å²) in [5.74, 6) is -1.34. The molecule has 2 rings (SSSR count). The van der Waals surface area contributed by atoms with Crippen molar-refractivity contribution in [1.82, 2.24) is 4.98 Å². The zero-order valence-electron chi connectivity index (χ0n) is 11.6. The minimum atomic E-state index is -1.06. The van der Waals surface area contributed by atoms with Crippen LogP contribution in [0.3, 0.4) is 0 Å². The van der Waals surface area contributed by atoms with Gasteiger partial charge in [-0.2, -0.15) is 0 Å². The van der Waals surface area contributed by atoms with Crippen molar-refractivity contribution in [2.45, 2.75) is 13.8 Å². The van der Waals surface area contributed by atoms with E-state index >= 15 is 0 Å². The first-order valence-corrected chi connectivity index (χ1v) is 7.04. The number of amides is 1. The van der Waals surface area contributed by atoms with Crippen molar-refractivity contribution < 1.29 is 14.7 Å². The third kappa shape index (κ3) is 4.00. The van der Waals surface area contributed by atoms with Gasteiger partial charge in [0.15, 0.2) is 5.13 Å². The molecule has 0 radical (unpaired) electrons. The summed E-state index contributed by atoms with van der Waals surface area (Å²) < 4.78 is 0. The van der Waals surface area contributed by atoms with Gasteiger partial charge in [0.05, 0.1) is 5.69 Å². The van der Waals surface area contributed by atoms with Crippen LogP contribution in [0.1, 0.15) is 33.4 Å². The standard InChI is InChI=1S/C15H14N2O3S/c1-9-3-5-11(6-4-9)7-8-12-13(14(19)20)21-15(17-12)16-10(2)18/h3-8H,1-2H3,(H,19,20)(H,16,17,18)/b8-7+. The van der Waals surface area contributed by atoms with Gasteiger partial charge in [0.2, 0.25) is 5.91 Å². The molecule has 0 saturated carbocycles. The fraction of sp³-hybridized carbons (Fsp3) is 0.133. The summed E-state index contributed by atoms with van der Waals surface area (Å²) in [6.07, 6.45) is 3.43. The zero-order valence-corrected chi connectivity index (χ0v) is 12.4. The number of aromatic carboxylic acids is 1. The summed E-state index contributed by atoms with van der Waals surface area (Å²) in [7, 11) is 0. The Morgan fingerprint density at radius 2 is 1.90 bits per heavy atom. The number of aryl methyl sites for hydroxylation is 1. The minimum absolute atomic E-state index is 0.0992. The van der Waals surface area contributed by atoms with Crippen molar-refractivity contribution in [1.29, 1.82) is 0 Å². The molecule has 6 heteroatoms. The molecule has 5 nitrogen and oxygen atoms in total. The van der Waals surface area contributed by atoms with Crippen LogP contribution < -0.4 is 5.32 Å². The van der Waals surface area contributed by atoms with Crippen LogP contribution >= 0.6 is 11.3 Å². The van der Waals surface area contributed by atoms with Crippen LogP contribution in [0, 0.1) is 6.92 Å². The first kappa shape index (κ1) is 14.9. The van der Waals surface area contributed by atoms with Gasteiger partial charge in [0.1, 0.15) is 4.88 Å². The van der Waals surface area contributed by atoms with E-state index in [1.807, 2.05) is 31.2 Å². The molecule has 1 aromatic carbocycles. The molecule has 1 aromatic heterocycles. The Balaban J connectivity index is 2.29. The van der Waals surface area contributed by atoms with Crippen molar-refractivity contribution in [2.75, 3.05) is 5.32 Å². The van der Waals surface area contributed by atoms with Crippen LogP contribution in [0.4, 0.5) is 5.13 Å². The predicted molar refractivity (Wildman–Crippen MR) is 83.5 cm³/mol. The quantitative estimate of drug-likeness (QED) is 0.908. The van der Waals surface area contributed by atoms with Gasteiger partial charge < -0.3 is 10.4 Å². The molecule has 1 heterocycles. The topological polar surface area (TPSA) is 79.3 Å². The molecular formula is C15H14N2O3S. The Morgan fingerprint density at radius 3 is 2.48 bits per heavy atom. The molecule has 0 aliphatic heterocycles. The first-order chi connectivity index (χ1) is 9.95. The maximum absolute atomic E-state index is 11.2. The number of nitrogens with zero attached hydrogens (tertiary/aromatic N) is 1. The number of anilines is 1. The number of carbonyl (C=O) groups excluding carboxylic acids is 1. The van der Waals surface area contributed by atoms with E-state index in [-0.39, 0.29) is 15.9 Å². The van der Waals surface area contributed by atoms with Crippen molar-refractivity contribution in [3.63, 3.8) is 0 Å². The van der Waals surface area contributed by atoms with Gasteiger partial charge >= 0.3 is 5.97 Å². The molecule has 0 aliphatic rings. The average Bonchev–Trinajstić information content (AvgIpc) is 2.80. The highest BCUT2D eigenvalue weighted by atomic mass is 32.1. The van der Waals surface area contributed by atoms with E-state index in [1.54, 1.807) is 12.2 Å². The minimum Gasteiger partial charge on any atom is -0.477 e.